The minimum Gasteiger partial charge on any atom is -0.387 e. The number of thiazole rings is 1. The van der Waals surface area contributed by atoms with Gasteiger partial charge in [0.1, 0.15) is 5.78 Å². The molecule has 10 atom stereocenters. The quantitative estimate of drug-likeness (QED) is 0.765. The number of aliphatic hydroxyl groups is 1. The van der Waals surface area contributed by atoms with Gasteiger partial charge < -0.3 is 9.84 Å². The zero-order valence-electron chi connectivity index (χ0n) is 18.3. The average molecular weight is 430 g/mol. The first-order chi connectivity index (χ1) is 14.5. The van der Waals surface area contributed by atoms with E-state index in [-0.39, 0.29) is 17.4 Å². The van der Waals surface area contributed by atoms with Gasteiger partial charge in [0.15, 0.2) is 0 Å². The highest BCUT2D eigenvalue weighted by Gasteiger charge is 2.72. The molecule has 0 saturated heterocycles. The Morgan fingerprint density at radius 1 is 1.13 bits per heavy atom. The van der Waals surface area contributed by atoms with Gasteiger partial charge in [-0.3, -0.25) is 4.79 Å². The van der Waals surface area contributed by atoms with Gasteiger partial charge in [0.25, 0.3) is 0 Å². The summed E-state index contributed by atoms with van der Waals surface area (Å²) in [6, 6.07) is 0. The third-order valence-corrected chi connectivity index (χ3v) is 11.3. The van der Waals surface area contributed by atoms with E-state index in [0.717, 1.165) is 35.6 Å². The van der Waals surface area contributed by atoms with E-state index in [2.05, 4.69) is 11.9 Å². The zero-order valence-corrected chi connectivity index (χ0v) is 19.1. The molecule has 0 aliphatic heterocycles. The third kappa shape index (κ3) is 2.64. The molecule has 0 spiro atoms. The smallest absolute Gasteiger partial charge is 0.143 e. The molecular weight excluding hydrogens is 394 g/mol. The van der Waals surface area contributed by atoms with Crippen molar-refractivity contribution in [1.29, 1.82) is 0 Å². The van der Waals surface area contributed by atoms with Crippen molar-refractivity contribution in [3.63, 3.8) is 0 Å². The number of carbonyl (C=O) groups excluding carboxylic acids is 1. The van der Waals surface area contributed by atoms with Crippen molar-refractivity contribution in [2.75, 3.05) is 7.11 Å². The molecule has 0 bridgehead atoms. The molecule has 164 valence electrons. The van der Waals surface area contributed by atoms with Gasteiger partial charge >= 0.3 is 0 Å². The summed E-state index contributed by atoms with van der Waals surface area (Å²) in [5.41, 5.74) is -0.334. The minimum atomic E-state index is -0.521. The Bertz CT molecular complexity index is 826. The lowest BCUT2D eigenvalue weighted by Gasteiger charge is -2.55. The molecule has 4 nitrogen and oxygen atoms in total. The maximum absolute atomic E-state index is 13.2. The third-order valence-electron chi connectivity index (χ3n) is 10.5. The first-order valence-electron chi connectivity index (χ1n) is 12.1. The fourth-order valence-electron chi connectivity index (χ4n) is 9.27. The fraction of sp³-hybridized carbons (Fsp3) is 0.840. The largest absolute Gasteiger partial charge is 0.387 e. The van der Waals surface area contributed by atoms with Crippen molar-refractivity contribution >= 4 is 17.1 Å². The maximum Gasteiger partial charge on any atom is 0.143 e. The predicted molar refractivity (Wildman–Crippen MR) is 116 cm³/mol. The number of ketones is 1. The maximum atomic E-state index is 13.2. The molecule has 6 rings (SSSR count). The van der Waals surface area contributed by atoms with E-state index in [1.807, 2.05) is 11.6 Å². The summed E-state index contributed by atoms with van der Waals surface area (Å²) in [6.45, 7) is 2.44. The molecule has 1 aromatic heterocycles. The first kappa shape index (κ1) is 19.9. The van der Waals surface area contributed by atoms with Crippen molar-refractivity contribution in [2.45, 2.75) is 76.4 Å². The van der Waals surface area contributed by atoms with Crippen molar-refractivity contribution < 1.29 is 14.6 Å². The second-order valence-electron chi connectivity index (χ2n) is 11.3. The van der Waals surface area contributed by atoms with Crippen LogP contribution in [0.5, 0.6) is 0 Å². The van der Waals surface area contributed by atoms with Crippen LogP contribution in [0.3, 0.4) is 0 Å². The standard InChI is InChI=1S/C25H35NO3S/c1-24-9-7-14-15-8-10-25(28)22(23(25)29-2)17(15)4-3-16(14)18(24)5-6-19(24)20(27)13-21-26-11-12-30-21/h11-12,14-19,22-23,28H,3-10,13H2,1-2H3/t14-,15-,16-,17+,18+,19-,22?,23?,24+,25-/m1/s1. The second-order valence-corrected chi connectivity index (χ2v) is 12.3. The van der Waals surface area contributed by atoms with Gasteiger partial charge in [-0.1, -0.05) is 6.92 Å². The number of fused-ring (bicyclic) bond motifs is 7. The van der Waals surface area contributed by atoms with Crippen LogP contribution in [0.15, 0.2) is 11.6 Å². The predicted octanol–water partition coefficient (Wildman–Crippen LogP) is 4.51. The molecule has 5 heteroatoms. The normalized spacial score (nSPS) is 51.4. The summed E-state index contributed by atoms with van der Waals surface area (Å²) < 4.78 is 5.67. The van der Waals surface area contributed by atoms with E-state index in [1.165, 1.54) is 38.5 Å². The van der Waals surface area contributed by atoms with Crippen LogP contribution in [0.2, 0.25) is 0 Å². The summed E-state index contributed by atoms with van der Waals surface area (Å²) in [6.07, 6.45) is 11.9. The van der Waals surface area contributed by atoms with E-state index in [4.69, 9.17) is 4.74 Å². The summed E-state index contributed by atoms with van der Waals surface area (Å²) in [4.78, 5) is 17.6. The Labute approximate surface area is 183 Å². The van der Waals surface area contributed by atoms with Crippen molar-refractivity contribution in [1.82, 2.24) is 4.98 Å². The monoisotopic (exact) mass is 429 g/mol. The van der Waals surface area contributed by atoms with Crippen LogP contribution in [0.1, 0.15) is 63.3 Å². The highest BCUT2D eigenvalue weighted by Crippen LogP contribution is 2.69. The van der Waals surface area contributed by atoms with Crippen LogP contribution >= 0.6 is 11.3 Å². The van der Waals surface area contributed by atoms with Gasteiger partial charge in [0, 0.05) is 30.5 Å². The number of nitrogens with zero attached hydrogens (tertiary/aromatic N) is 1. The molecule has 0 amide bonds. The highest BCUT2D eigenvalue weighted by molar-refractivity contribution is 7.09. The minimum absolute atomic E-state index is 0.0808. The summed E-state index contributed by atoms with van der Waals surface area (Å²) >= 11 is 1.61. The van der Waals surface area contributed by atoms with Crippen LogP contribution in [0, 0.1) is 46.8 Å². The fourth-order valence-corrected chi connectivity index (χ4v) is 9.89. The van der Waals surface area contributed by atoms with Crippen molar-refractivity contribution in [3.8, 4) is 0 Å². The van der Waals surface area contributed by atoms with Gasteiger partial charge in [-0.05, 0) is 86.4 Å². The lowest BCUT2D eigenvalue weighted by Crippen LogP contribution is -2.50. The second kappa shape index (κ2) is 6.86. The van der Waals surface area contributed by atoms with E-state index < -0.39 is 5.60 Å². The van der Waals surface area contributed by atoms with Gasteiger partial charge in [0.2, 0.25) is 0 Å². The molecule has 5 aliphatic carbocycles. The lowest BCUT2D eigenvalue weighted by molar-refractivity contribution is -0.130. The number of rotatable bonds is 4. The SMILES string of the molecule is COC1C2[C@H]3CC[C@@H]4[C@H](CC[C@]5(C)[C@@H](C(=O)Cc6nccs6)CC[C@@H]45)[C@H]3CC[C@]12O. The number of carbonyl (C=O) groups is 1. The zero-order chi connectivity index (χ0) is 20.7. The Morgan fingerprint density at radius 2 is 1.90 bits per heavy atom. The van der Waals surface area contributed by atoms with Crippen LogP contribution in [0.4, 0.5) is 0 Å². The van der Waals surface area contributed by atoms with E-state index in [1.54, 1.807) is 18.4 Å². The number of Topliss-reactive ketones (excluding diaryl/α,β-unsaturated/α-hetero) is 1. The van der Waals surface area contributed by atoms with Crippen molar-refractivity contribution in [3.05, 3.63) is 16.6 Å². The van der Waals surface area contributed by atoms with Gasteiger partial charge in [-0.25, -0.2) is 4.98 Å². The van der Waals surface area contributed by atoms with E-state index >= 15 is 0 Å². The molecule has 0 radical (unpaired) electrons. The molecule has 1 aromatic rings. The van der Waals surface area contributed by atoms with Crippen LogP contribution < -0.4 is 0 Å². The molecule has 1 N–H and O–H groups in total. The molecule has 1 heterocycles. The molecular formula is C25H35NO3S. The molecule has 0 aromatic carbocycles. The van der Waals surface area contributed by atoms with Gasteiger partial charge in [0.05, 0.1) is 23.1 Å². The Kier molecular flexibility index (Phi) is 4.54. The Balaban J connectivity index is 1.20. The number of hydrogen-bond donors (Lipinski definition) is 1. The molecule has 5 aliphatic rings. The molecule has 5 fully saturated rings. The number of aromatic nitrogens is 1. The topological polar surface area (TPSA) is 59.4 Å². The van der Waals surface area contributed by atoms with Gasteiger partial charge in [-0.15, -0.1) is 11.3 Å². The summed E-state index contributed by atoms with van der Waals surface area (Å²) in [5.74, 6) is 4.76. The van der Waals surface area contributed by atoms with Crippen LogP contribution in [0.25, 0.3) is 0 Å². The van der Waals surface area contributed by atoms with Crippen molar-refractivity contribution in [2.24, 2.45) is 46.8 Å². The van der Waals surface area contributed by atoms with Gasteiger partial charge in [-0.2, -0.15) is 0 Å². The molecule has 2 unspecified atom stereocenters. The average Bonchev–Trinajstić information content (AvgIpc) is 3.04. The van der Waals surface area contributed by atoms with E-state index in [9.17, 15) is 9.90 Å². The van der Waals surface area contributed by atoms with E-state index in [0.29, 0.717) is 30.0 Å². The van der Waals surface area contributed by atoms with Crippen LogP contribution in [-0.4, -0.2) is 34.7 Å². The molecule has 5 saturated carbocycles. The lowest BCUT2D eigenvalue weighted by atomic mass is 9.49. The number of ether oxygens (including phenoxy) is 1. The summed E-state index contributed by atoms with van der Waals surface area (Å²) in [5, 5.41) is 13.9. The molecule has 30 heavy (non-hydrogen) atoms. The van der Waals surface area contributed by atoms with Crippen LogP contribution in [-0.2, 0) is 16.0 Å². The summed E-state index contributed by atoms with van der Waals surface area (Å²) in [7, 11) is 1.77. The highest BCUT2D eigenvalue weighted by atomic mass is 32.1. The number of methoxy groups -OCH3 is 1. The Morgan fingerprint density at radius 3 is 2.67 bits per heavy atom. The Hall–Kier alpha value is -0.780. The number of hydrogen-bond acceptors (Lipinski definition) is 5. The first-order valence-corrected chi connectivity index (χ1v) is 13.0.